The number of carbonyl (C=O) groups is 3. The number of aromatic amines is 1. The van der Waals surface area contributed by atoms with Gasteiger partial charge in [0.2, 0.25) is 18.2 Å². The number of nitrogens with two attached hydrogens (primary N) is 1. The Bertz CT molecular complexity index is 1770. The van der Waals surface area contributed by atoms with Crippen molar-refractivity contribution in [3.8, 4) is 11.8 Å². The van der Waals surface area contributed by atoms with Crippen molar-refractivity contribution >= 4 is 30.5 Å². The van der Waals surface area contributed by atoms with E-state index < -0.39 is 17.8 Å². The maximum absolute atomic E-state index is 14.7. The van der Waals surface area contributed by atoms with E-state index in [1.807, 2.05) is 0 Å². The number of nitrogens with one attached hydrogen (secondary N) is 2. The van der Waals surface area contributed by atoms with Gasteiger partial charge in [-0.15, -0.1) is 0 Å². The number of likely N-dealkylation sites (tertiary alicyclic amines) is 1. The summed E-state index contributed by atoms with van der Waals surface area (Å²) in [7, 11) is 2.17. The number of H-pyrrole nitrogens is 1. The van der Waals surface area contributed by atoms with Gasteiger partial charge in [0.25, 0.3) is 0 Å². The van der Waals surface area contributed by atoms with Crippen molar-refractivity contribution in [3.63, 3.8) is 0 Å². The number of imide groups is 1. The summed E-state index contributed by atoms with van der Waals surface area (Å²) in [6, 6.07) is 13.5. The van der Waals surface area contributed by atoms with Gasteiger partial charge < -0.3 is 15.6 Å². The minimum Gasteiger partial charge on any atom is -0.404 e. The molecule has 2 unspecified atom stereocenters. The Balaban J connectivity index is 1.14. The maximum atomic E-state index is 14.7. The number of carbonyl (C=O) groups excluding carboxylic acids is 3. The fourth-order valence-electron chi connectivity index (χ4n) is 6.30. The van der Waals surface area contributed by atoms with Crippen LogP contribution in [-0.4, -0.2) is 52.6 Å². The van der Waals surface area contributed by atoms with Crippen molar-refractivity contribution in [1.29, 1.82) is 0 Å². The highest BCUT2D eigenvalue weighted by atomic mass is 19.1. The number of aromatic nitrogens is 1. The van der Waals surface area contributed by atoms with Gasteiger partial charge >= 0.3 is 0 Å². The van der Waals surface area contributed by atoms with Crippen molar-refractivity contribution in [3.05, 3.63) is 92.4 Å². The summed E-state index contributed by atoms with van der Waals surface area (Å²) in [6.07, 6.45) is 10.4. The van der Waals surface area contributed by atoms with Crippen LogP contribution in [0.1, 0.15) is 78.1 Å². The predicted octanol–water partition coefficient (Wildman–Crippen LogP) is 3.09. The van der Waals surface area contributed by atoms with Crippen LogP contribution in [0.3, 0.4) is 0 Å². The zero-order valence-corrected chi connectivity index (χ0v) is 26.6. The Labute approximate surface area is 269 Å². The Hall–Kier alpha value is -4.68. The van der Waals surface area contributed by atoms with Gasteiger partial charge in [0.1, 0.15) is 11.9 Å². The Morgan fingerprint density at radius 3 is 2.61 bits per heavy atom. The molecule has 0 radical (unpaired) electrons. The van der Waals surface area contributed by atoms with Gasteiger partial charge in [-0.3, -0.25) is 24.6 Å². The molecule has 1 aromatic heterocycles. The van der Waals surface area contributed by atoms with Crippen molar-refractivity contribution < 1.29 is 18.8 Å². The lowest BCUT2D eigenvalue weighted by atomic mass is 10.0. The summed E-state index contributed by atoms with van der Waals surface area (Å²) in [5, 5.41) is 4.37. The first-order valence-corrected chi connectivity index (χ1v) is 16.0. The zero-order valence-electron chi connectivity index (χ0n) is 26.6. The van der Waals surface area contributed by atoms with Crippen molar-refractivity contribution in [2.24, 2.45) is 5.73 Å². The minimum absolute atomic E-state index is 0.126. The standard InChI is InChI=1S/C37H42FN5O3/c1-25-19-31(38)28(20-30(25)23-43(24-44)35-16-17-36(45)41-37(35)46)8-5-3-4-7-26-10-12-27(13-11-26)14-15-32-29(22-39)21-33(40-32)34-9-6-18-42(34)2/h10-13,15,19-22,24,34-35,40H,3-4,6-7,9,14,16-18,23,39H2,1-2H3,(H,41,45,46)/b29-22-,32-15+. The smallest absolute Gasteiger partial charge is 0.249 e. The number of benzene rings is 2. The lowest BCUT2D eigenvalue weighted by Gasteiger charge is -2.30. The molecule has 4 N–H and O–H groups in total. The monoisotopic (exact) mass is 623 g/mol. The molecule has 2 aromatic carbocycles. The highest BCUT2D eigenvalue weighted by Crippen LogP contribution is 2.27. The van der Waals surface area contributed by atoms with Gasteiger partial charge in [-0.25, -0.2) is 4.39 Å². The lowest BCUT2D eigenvalue weighted by molar-refractivity contribution is -0.141. The van der Waals surface area contributed by atoms with Crippen LogP contribution in [-0.2, 0) is 33.8 Å². The molecule has 0 spiro atoms. The third-order valence-corrected chi connectivity index (χ3v) is 9.04. The van der Waals surface area contributed by atoms with Gasteiger partial charge in [0, 0.05) is 47.9 Å². The number of rotatable bonds is 10. The second kappa shape index (κ2) is 15.1. The van der Waals surface area contributed by atoms with Crippen molar-refractivity contribution in [1.82, 2.24) is 20.1 Å². The first-order chi connectivity index (χ1) is 22.2. The highest BCUT2D eigenvalue weighted by molar-refractivity contribution is 6.00. The summed E-state index contributed by atoms with van der Waals surface area (Å²) >= 11 is 0. The normalized spacial score (nSPS) is 19.2. The molecule has 3 heterocycles. The van der Waals surface area contributed by atoms with E-state index in [0.29, 0.717) is 30.0 Å². The molecule has 2 atom stereocenters. The number of aryl methyl sites for hydroxylation is 2. The molecular weight excluding hydrogens is 581 g/mol. The van der Waals surface area contributed by atoms with E-state index in [2.05, 4.69) is 70.5 Å². The molecule has 3 aromatic rings. The van der Waals surface area contributed by atoms with E-state index >= 15 is 0 Å². The molecule has 2 aliphatic rings. The molecule has 0 saturated carbocycles. The molecule has 240 valence electrons. The molecule has 0 bridgehead atoms. The topological polar surface area (TPSA) is 112 Å². The number of nitrogens with zero attached hydrogens (tertiary/aromatic N) is 2. The van der Waals surface area contributed by atoms with E-state index in [-0.39, 0.29) is 30.9 Å². The number of halogens is 1. The SMILES string of the molecule is Cc1cc(F)c(C#CCCCc2ccc(C/C=c3/[nH]c(C4CCCN4C)c/c3=C/N)cc2)cc1CN(C=O)C1CCC(=O)NC1=O. The summed E-state index contributed by atoms with van der Waals surface area (Å²) in [5.41, 5.74) is 11.2. The van der Waals surface area contributed by atoms with Gasteiger partial charge in [-0.1, -0.05) is 42.2 Å². The number of piperidine rings is 1. The second-order valence-corrected chi connectivity index (χ2v) is 12.3. The second-order valence-electron chi connectivity index (χ2n) is 12.3. The number of amides is 3. The summed E-state index contributed by atoms with van der Waals surface area (Å²) < 4.78 is 14.7. The Kier molecular flexibility index (Phi) is 10.7. The molecular formula is C37H42FN5O3. The largest absolute Gasteiger partial charge is 0.404 e. The Morgan fingerprint density at radius 2 is 1.91 bits per heavy atom. The van der Waals surface area contributed by atoms with E-state index in [0.717, 1.165) is 42.8 Å². The van der Waals surface area contributed by atoms with Crippen molar-refractivity contribution in [2.45, 2.75) is 76.9 Å². The van der Waals surface area contributed by atoms with Crippen LogP contribution >= 0.6 is 0 Å². The molecule has 2 saturated heterocycles. The van der Waals surface area contributed by atoms with Gasteiger partial charge in [-0.2, -0.15) is 0 Å². The van der Waals surface area contributed by atoms with E-state index in [1.165, 1.54) is 34.2 Å². The van der Waals surface area contributed by atoms with Gasteiger partial charge in [0.15, 0.2) is 0 Å². The van der Waals surface area contributed by atoms with Crippen LogP contribution in [0.5, 0.6) is 0 Å². The van der Waals surface area contributed by atoms with E-state index in [4.69, 9.17) is 5.73 Å². The zero-order chi connectivity index (χ0) is 32.6. The molecule has 46 heavy (non-hydrogen) atoms. The van der Waals surface area contributed by atoms with Crippen LogP contribution in [0.15, 0.2) is 42.5 Å². The highest BCUT2D eigenvalue weighted by Gasteiger charge is 2.31. The molecule has 0 aliphatic carbocycles. The minimum atomic E-state index is -0.736. The third kappa shape index (κ3) is 7.93. The summed E-state index contributed by atoms with van der Waals surface area (Å²) in [5.74, 6) is 4.78. The van der Waals surface area contributed by atoms with Gasteiger partial charge in [0.05, 0.1) is 5.56 Å². The van der Waals surface area contributed by atoms with Gasteiger partial charge in [-0.05, 0) is 99.5 Å². The predicted molar refractivity (Wildman–Crippen MR) is 177 cm³/mol. The first kappa shape index (κ1) is 32.7. The third-order valence-electron chi connectivity index (χ3n) is 9.04. The summed E-state index contributed by atoms with van der Waals surface area (Å²) in [6.45, 7) is 3.00. The van der Waals surface area contributed by atoms with Crippen LogP contribution in [0, 0.1) is 24.6 Å². The molecule has 9 heteroatoms. The average molecular weight is 624 g/mol. The quantitative estimate of drug-likeness (QED) is 0.139. The number of hydrogen-bond acceptors (Lipinski definition) is 5. The molecule has 2 fully saturated rings. The van der Waals surface area contributed by atoms with Crippen molar-refractivity contribution in [2.75, 3.05) is 13.6 Å². The molecule has 3 amide bonds. The summed E-state index contributed by atoms with van der Waals surface area (Å²) in [4.78, 5) is 42.9. The molecule has 2 aliphatic heterocycles. The van der Waals surface area contributed by atoms with Crippen LogP contribution in [0.4, 0.5) is 4.39 Å². The maximum Gasteiger partial charge on any atom is 0.249 e. The lowest BCUT2D eigenvalue weighted by Crippen LogP contribution is -2.51. The molecule has 5 rings (SSSR count). The van der Waals surface area contributed by atoms with Crippen LogP contribution < -0.4 is 21.6 Å². The Morgan fingerprint density at radius 1 is 1.13 bits per heavy atom. The molecule has 8 nitrogen and oxygen atoms in total. The van der Waals surface area contributed by atoms with Crippen LogP contribution in [0.2, 0.25) is 0 Å². The number of hydrogen-bond donors (Lipinski definition) is 3. The van der Waals surface area contributed by atoms with E-state index in [9.17, 15) is 18.8 Å². The fourth-order valence-corrected chi connectivity index (χ4v) is 6.30. The number of unbranched alkanes of at least 4 members (excludes halogenated alkanes) is 1. The average Bonchev–Trinajstić information content (AvgIpc) is 3.66. The van der Waals surface area contributed by atoms with E-state index in [1.54, 1.807) is 19.2 Å². The fraction of sp³-hybridized carbons (Fsp3) is 0.378. The first-order valence-electron chi connectivity index (χ1n) is 16.0. The van der Waals surface area contributed by atoms with Crippen LogP contribution in [0.25, 0.3) is 12.3 Å².